The minimum atomic E-state index is -0.579. The molecule has 2 heterocycles. The monoisotopic (exact) mass is 416 g/mol. The summed E-state index contributed by atoms with van der Waals surface area (Å²) in [5, 5.41) is 3.90. The Morgan fingerprint density at radius 3 is 2.57 bits per heavy atom. The van der Waals surface area contributed by atoms with E-state index in [9.17, 15) is 9.59 Å². The highest BCUT2D eigenvalue weighted by atomic mass is 16.5. The van der Waals surface area contributed by atoms with Crippen molar-refractivity contribution in [3.05, 3.63) is 40.8 Å². The molecule has 0 N–H and O–H groups in total. The van der Waals surface area contributed by atoms with Gasteiger partial charge in [-0.2, -0.15) is 0 Å². The molecule has 0 saturated carbocycles. The molecule has 8 nitrogen and oxygen atoms in total. The maximum Gasteiger partial charge on any atom is 0.338 e. The Bertz CT molecular complexity index is 880. The number of aryl methyl sites for hydroxylation is 2. The van der Waals surface area contributed by atoms with Crippen molar-refractivity contribution in [2.45, 2.75) is 40.2 Å². The van der Waals surface area contributed by atoms with Crippen molar-refractivity contribution in [2.24, 2.45) is 5.92 Å². The molecule has 1 fully saturated rings. The molecule has 0 unspecified atom stereocenters. The molecule has 0 atom stereocenters. The number of rotatable bonds is 7. The number of piperidine rings is 1. The van der Waals surface area contributed by atoms with Crippen LogP contribution in [0, 0.1) is 19.8 Å². The van der Waals surface area contributed by atoms with E-state index in [1.54, 1.807) is 17.0 Å². The maximum atomic E-state index is 12.4. The van der Waals surface area contributed by atoms with E-state index in [1.165, 1.54) is 13.2 Å². The van der Waals surface area contributed by atoms with Crippen molar-refractivity contribution >= 4 is 11.9 Å². The van der Waals surface area contributed by atoms with Crippen molar-refractivity contribution in [2.75, 3.05) is 26.8 Å². The molecule has 162 valence electrons. The lowest BCUT2D eigenvalue weighted by molar-refractivity contribution is -0.135. The third kappa shape index (κ3) is 5.11. The van der Waals surface area contributed by atoms with Gasteiger partial charge in [0.1, 0.15) is 12.4 Å². The largest absolute Gasteiger partial charge is 0.493 e. The summed E-state index contributed by atoms with van der Waals surface area (Å²) in [7, 11) is 1.49. The third-order valence-corrected chi connectivity index (χ3v) is 5.42. The van der Waals surface area contributed by atoms with Gasteiger partial charge in [0, 0.05) is 13.1 Å². The lowest BCUT2D eigenvalue weighted by Crippen LogP contribution is -2.40. The highest BCUT2D eigenvalue weighted by molar-refractivity contribution is 5.92. The summed E-state index contributed by atoms with van der Waals surface area (Å²) in [5.74, 6) is 1.45. The number of benzene rings is 1. The zero-order valence-corrected chi connectivity index (χ0v) is 17.9. The summed E-state index contributed by atoms with van der Waals surface area (Å²) in [5.41, 5.74) is 1.92. The van der Waals surface area contributed by atoms with E-state index >= 15 is 0 Å². The zero-order valence-electron chi connectivity index (χ0n) is 17.9. The van der Waals surface area contributed by atoms with Gasteiger partial charge >= 0.3 is 5.97 Å². The third-order valence-electron chi connectivity index (χ3n) is 5.42. The summed E-state index contributed by atoms with van der Waals surface area (Å²) in [6, 6.07) is 4.76. The van der Waals surface area contributed by atoms with Gasteiger partial charge < -0.3 is 23.6 Å². The van der Waals surface area contributed by atoms with E-state index < -0.39 is 5.97 Å². The fourth-order valence-corrected chi connectivity index (χ4v) is 3.33. The number of ether oxygens (including phenoxy) is 3. The van der Waals surface area contributed by atoms with Crippen LogP contribution in [-0.4, -0.2) is 48.7 Å². The predicted octanol–water partition coefficient (Wildman–Crippen LogP) is 3.29. The van der Waals surface area contributed by atoms with Gasteiger partial charge in [0.05, 0.1) is 23.9 Å². The molecule has 1 aromatic carbocycles. The number of methoxy groups -OCH3 is 1. The Balaban J connectivity index is 1.58. The standard InChI is InChI=1S/C22H28N2O6/c1-14-7-9-24(10-8-14)21(25)13-29-22(26)17-5-6-19(20(11-17)27-4)28-12-18-15(2)23-30-16(18)3/h5-6,11,14H,7-10,12-13H2,1-4H3. The summed E-state index contributed by atoms with van der Waals surface area (Å²) in [4.78, 5) is 26.4. The number of carbonyl (C=O) groups excluding carboxylic acids is 2. The molecule has 2 aromatic rings. The van der Waals surface area contributed by atoms with E-state index in [0.29, 0.717) is 36.3 Å². The highest BCUT2D eigenvalue weighted by Gasteiger charge is 2.22. The Labute approximate surface area is 176 Å². The second-order valence-electron chi connectivity index (χ2n) is 7.60. The summed E-state index contributed by atoms with van der Waals surface area (Å²) in [6.45, 7) is 7.27. The first-order valence-corrected chi connectivity index (χ1v) is 10.1. The van der Waals surface area contributed by atoms with Crippen LogP contribution in [0.4, 0.5) is 0 Å². The van der Waals surface area contributed by atoms with Gasteiger partial charge in [-0.05, 0) is 50.8 Å². The number of hydrogen-bond donors (Lipinski definition) is 0. The van der Waals surface area contributed by atoms with Crippen LogP contribution >= 0.6 is 0 Å². The van der Waals surface area contributed by atoms with Gasteiger partial charge in [-0.3, -0.25) is 4.79 Å². The van der Waals surface area contributed by atoms with Gasteiger partial charge in [0.15, 0.2) is 18.1 Å². The van der Waals surface area contributed by atoms with E-state index in [-0.39, 0.29) is 24.7 Å². The van der Waals surface area contributed by atoms with Crippen LogP contribution in [0.3, 0.4) is 0 Å². The van der Waals surface area contributed by atoms with Gasteiger partial charge in [-0.15, -0.1) is 0 Å². The molecule has 1 aromatic heterocycles. The fourth-order valence-electron chi connectivity index (χ4n) is 3.33. The SMILES string of the molecule is COc1cc(C(=O)OCC(=O)N2CCC(C)CC2)ccc1OCc1c(C)noc1C. The molecule has 8 heteroatoms. The van der Waals surface area contributed by atoms with Crippen molar-refractivity contribution in [3.63, 3.8) is 0 Å². The average molecular weight is 416 g/mol. The average Bonchev–Trinajstić information content (AvgIpc) is 3.07. The van der Waals surface area contributed by atoms with E-state index in [1.807, 2.05) is 13.8 Å². The second kappa shape index (κ2) is 9.65. The number of hydrogen-bond acceptors (Lipinski definition) is 7. The first-order valence-electron chi connectivity index (χ1n) is 10.1. The normalized spacial score (nSPS) is 14.5. The number of aromatic nitrogens is 1. The van der Waals surface area contributed by atoms with E-state index in [2.05, 4.69) is 12.1 Å². The lowest BCUT2D eigenvalue weighted by Gasteiger charge is -2.30. The van der Waals surface area contributed by atoms with Gasteiger partial charge in [0.2, 0.25) is 0 Å². The van der Waals surface area contributed by atoms with Crippen LogP contribution in [0.15, 0.2) is 22.7 Å². The molecule has 30 heavy (non-hydrogen) atoms. The van der Waals surface area contributed by atoms with Crippen LogP contribution in [0.5, 0.6) is 11.5 Å². The quantitative estimate of drug-likeness (QED) is 0.640. The number of amides is 1. The Kier molecular flexibility index (Phi) is 6.97. The molecular formula is C22H28N2O6. The molecule has 1 amide bonds. The molecule has 1 saturated heterocycles. The number of nitrogens with zero attached hydrogens (tertiary/aromatic N) is 2. The van der Waals surface area contributed by atoms with E-state index in [4.69, 9.17) is 18.7 Å². The van der Waals surface area contributed by atoms with Gasteiger partial charge in [-0.25, -0.2) is 4.79 Å². The Morgan fingerprint density at radius 1 is 1.20 bits per heavy atom. The topological polar surface area (TPSA) is 91.1 Å². The van der Waals surface area contributed by atoms with Crippen LogP contribution in [-0.2, 0) is 16.1 Å². The van der Waals surface area contributed by atoms with Crippen molar-refractivity contribution < 1.29 is 28.3 Å². The molecule has 3 rings (SSSR count). The zero-order chi connectivity index (χ0) is 21.7. The smallest absolute Gasteiger partial charge is 0.338 e. The van der Waals surface area contributed by atoms with Crippen molar-refractivity contribution in [3.8, 4) is 11.5 Å². The minimum Gasteiger partial charge on any atom is -0.493 e. The van der Waals surface area contributed by atoms with Crippen LogP contribution in [0.25, 0.3) is 0 Å². The van der Waals surface area contributed by atoms with Crippen LogP contribution in [0.1, 0.15) is 47.1 Å². The Hall–Kier alpha value is -3.03. The van der Waals surface area contributed by atoms with Crippen LogP contribution in [0.2, 0.25) is 0 Å². The Morgan fingerprint density at radius 2 is 1.93 bits per heavy atom. The molecule has 0 aliphatic carbocycles. The highest BCUT2D eigenvalue weighted by Crippen LogP contribution is 2.30. The van der Waals surface area contributed by atoms with Crippen LogP contribution < -0.4 is 9.47 Å². The van der Waals surface area contributed by atoms with E-state index in [0.717, 1.165) is 24.1 Å². The predicted molar refractivity (Wildman–Crippen MR) is 109 cm³/mol. The first kappa shape index (κ1) is 21.7. The van der Waals surface area contributed by atoms with Gasteiger partial charge in [0.25, 0.3) is 5.91 Å². The molecular weight excluding hydrogens is 388 g/mol. The summed E-state index contributed by atoms with van der Waals surface area (Å²) in [6.07, 6.45) is 1.96. The number of carbonyl (C=O) groups is 2. The number of likely N-dealkylation sites (tertiary alicyclic amines) is 1. The molecule has 1 aliphatic rings. The van der Waals surface area contributed by atoms with Gasteiger partial charge in [-0.1, -0.05) is 12.1 Å². The summed E-state index contributed by atoms with van der Waals surface area (Å²) < 4.78 is 21.5. The molecule has 0 radical (unpaired) electrons. The molecule has 0 spiro atoms. The fraction of sp³-hybridized carbons (Fsp3) is 0.500. The molecule has 0 bridgehead atoms. The summed E-state index contributed by atoms with van der Waals surface area (Å²) >= 11 is 0. The second-order valence-corrected chi connectivity index (χ2v) is 7.60. The molecule has 1 aliphatic heterocycles. The van der Waals surface area contributed by atoms with Crippen molar-refractivity contribution in [1.82, 2.24) is 10.1 Å². The number of esters is 1. The first-order chi connectivity index (χ1) is 14.4. The maximum absolute atomic E-state index is 12.4. The minimum absolute atomic E-state index is 0.165. The lowest BCUT2D eigenvalue weighted by atomic mass is 9.99. The van der Waals surface area contributed by atoms with Crippen molar-refractivity contribution in [1.29, 1.82) is 0 Å².